The van der Waals surface area contributed by atoms with Crippen molar-refractivity contribution < 1.29 is 14.3 Å². The van der Waals surface area contributed by atoms with Crippen molar-refractivity contribution in [2.75, 3.05) is 14.2 Å². The average Bonchev–Trinajstić information content (AvgIpc) is 2.56. The van der Waals surface area contributed by atoms with Gasteiger partial charge in [0.2, 0.25) is 5.91 Å². The molecule has 0 saturated heterocycles. The van der Waals surface area contributed by atoms with Gasteiger partial charge in [-0.15, -0.1) is 0 Å². The molecule has 0 aliphatic heterocycles. The Morgan fingerprint density at radius 2 is 1.83 bits per heavy atom. The Balaban J connectivity index is 1.98. The minimum atomic E-state index is -0.00822. The van der Waals surface area contributed by atoms with Gasteiger partial charge in [0.25, 0.3) is 0 Å². The second-order valence-electron chi connectivity index (χ2n) is 5.48. The third-order valence-electron chi connectivity index (χ3n) is 4.04. The second kappa shape index (κ2) is 7.68. The van der Waals surface area contributed by atoms with Crippen LogP contribution in [0.15, 0.2) is 36.4 Å². The van der Waals surface area contributed by atoms with Gasteiger partial charge in [0.05, 0.1) is 20.6 Å². The van der Waals surface area contributed by atoms with Crippen molar-refractivity contribution in [3.8, 4) is 11.5 Å². The van der Waals surface area contributed by atoms with Crippen LogP contribution in [-0.2, 0) is 17.8 Å². The molecular formula is C19H23NO3. The van der Waals surface area contributed by atoms with Crippen molar-refractivity contribution in [3.63, 3.8) is 0 Å². The van der Waals surface area contributed by atoms with Crippen LogP contribution in [0.25, 0.3) is 0 Å². The first-order valence-electron chi connectivity index (χ1n) is 7.58. The molecule has 0 aromatic heterocycles. The molecule has 0 saturated carbocycles. The summed E-state index contributed by atoms with van der Waals surface area (Å²) in [5.41, 5.74) is 4.28. The molecule has 2 aromatic rings. The third-order valence-corrected chi connectivity index (χ3v) is 4.04. The molecule has 2 rings (SSSR count). The summed E-state index contributed by atoms with van der Waals surface area (Å²) < 4.78 is 10.5. The Kier molecular flexibility index (Phi) is 5.63. The minimum Gasteiger partial charge on any atom is -0.497 e. The normalized spacial score (nSPS) is 10.3. The van der Waals surface area contributed by atoms with Gasteiger partial charge in [0, 0.05) is 6.54 Å². The van der Waals surface area contributed by atoms with Crippen molar-refractivity contribution in [2.24, 2.45) is 0 Å². The number of carbonyl (C=O) groups excluding carboxylic acids is 1. The minimum absolute atomic E-state index is 0.00822. The molecule has 122 valence electrons. The molecule has 0 radical (unpaired) electrons. The summed E-state index contributed by atoms with van der Waals surface area (Å²) in [6, 6.07) is 11.5. The molecule has 1 amide bonds. The lowest BCUT2D eigenvalue weighted by molar-refractivity contribution is -0.120. The van der Waals surface area contributed by atoms with E-state index in [1.54, 1.807) is 14.2 Å². The highest BCUT2D eigenvalue weighted by molar-refractivity contribution is 5.78. The Hall–Kier alpha value is -2.49. The highest BCUT2D eigenvalue weighted by Crippen LogP contribution is 2.23. The summed E-state index contributed by atoms with van der Waals surface area (Å²) in [4.78, 5) is 12.1. The molecule has 2 aromatic carbocycles. The zero-order chi connectivity index (χ0) is 16.8. The van der Waals surface area contributed by atoms with Crippen molar-refractivity contribution in [3.05, 3.63) is 58.7 Å². The van der Waals surface area contributed by atoms with Crippen LogP contribution in [0.1, 0.15) is 22.3 Å². The van der Waals surface area contributed by atoms with E-state index in [2.05, 4.69) is 5.32 Å². The van der Waals surface area contributed by atoms with E-state index >= 15 is 0 Å². The van der Waals surface area contributed by atoms with Crippen LogP contribution < -0.4 is 14.8 Å². The lowest BCUT2D eigenvalue weighted by Crippen LogP contribution is -2.25. The average molecular weight is 313 g/mol. The van der Waals surface area contributed by atoms with Gasteiger partial charge in [-0.25, -0.2) is 0 Å². The lowest BCUT2D eigenvalue weighted by Gasteiger charge is -2.13. The van der Waals surface area contributed by atoms with Gasteiger partial charge in [-0.2, -0.15) is 0 Å². The molecule has 0 fully saturated rings. The van der Waals surface area contributed by atoms with Crippen LogP contribution in [-0.4, -0.2) is 20.1 Å². The van der Waals surface area contributed by atoms with Gasteiger partial charge in [-0.3, -0.25) is 4.79 Å². The first kappa shape index (κ1) is 16.9. The molecule has 0 aliphatic carbocycles. The maximum absolute atomic E-state index is 12.1. The van der Waals surface area contributed by atoms with E-state index in [1.165, 1.54) is 0 Å². The number of methoxy groups -OCH3 is 2. The SMILES string of the molecule is COc1cccc(CC(=O)NCc2ccc(OC)c(C)c2C)c1. The molecule has 4 nitrogen and oxygen atoms in total. The fourth-order valence-electron chi connectivity index (χ4n) is 2.49. The van der Waals surface area contributed by atoms with Crippen molar-refractivity contribution in [1.29, 1.82) is 0 Å². The number of nitrogens with one attached hydrogen (secondary N) is 1. The zero-order valence-electron chi connectivity index (χ0n) is 14.1. The fourth-order valence-corrected chi connectivity index (χ4v) is 2.49. The monoisotopic (exact) mass is 313 g/mol. The molecule has 0 spiro atoms. The molecule has 0 unspecified atom stereocenters. The standard InChI is InChI=1S/C19H23NO3/c1-13-14(2)18(23-4)9-8-16(13)12-20-19(21)11-15-6-5-7-17(10-15)22-3/h5-10H,11-12H2,1-4H3,(H,20,21). The van der Waals surface area contributed by atoms with E-state index in [9.17, 15) is 4.79 Å². The van der Waals surface area contributed by atoms with E-state index in [1.807, 2.05) is 50.2 Å². The van der Waals surface area contributed by atoms with Gasteiger partial charge < -0.3 is 14.8 Å². The number of ether oxygens (including phenoxy) is 2. The van der Waals surface area contributed by atoms with E-state index in [0.29, 0.717) is 13.0 Å². The van der Waals surface area contributed by atoms with Gasteiger partial charge in [-0.1, -0.05) is 18.2 Å². The van der Waals surface area contributed by atoms with Crippen molar-refractivity contribution in [1.82, 2.24) is 5.32 Å². The van der Waals surface area contributed by atoms with Gasteiger partial charge >= 0.3 is 0 Å². The van der Waals surface area contributed by atoms with Gasteiger partial charge in [0.15, 0.2) is 0 Å². The third kappa shape index (κ3) is 4.25. The molecule has 0 heterocycles. The van der Waals surface area contributed by atoms with E-state index in [-0.39, 0.29) is 5.91 Å². The predicted molar refractivity (Wildman–Crippen MR) is 91.0 cm³/mol. The van der Waals surface area contributed by atoms with Crippen molar-refractivity contribution >= 4 is 5.91 Å². The van der Waals surface area contributed by atoms with Crippen LogP contribution in [0.3, 0.4) is 0 Å². The number of amides is 1. The van der Waals surface area contributed by atoms with Crippen LogP contribution in [0.4, 0.5) is 0 Å². The largest absolute Gasteiger partial charge is 0.497 e. The van der Waals surface area contributed by atoms with Crippen LogP contribution in [0, 0.1) is 13.8 Å². The van der Waals surface area contributed by atoms with Gasteiger partial charge in [0.1, 0.15) is 11.5 Å². The van der Waals surface area contributed by atoms with Crippen LogP contribution >= 0.6 is 0 Å². The molecule has 23 heavy (non-hydrogen) atoms. The smallest absolute Gasteiger partial charge is 0.224 e. The molecule has 0 atom stereocenters. The Bertz CT molecular complexity index is 695. The first-order valence-corrected chi connectivity index (χ1v) is 7.58. The molecule has 0 bridgehead atoms. The van der Waals surface area contributed by atoms with E-state index in [4.69, 9.17) is 9.47 Å². The van der Waals surface area contributed by atoms with Crippen molar-refractivity contribution in [2.45, 2.75) is 26.8 Å². The summed E-state index contributed by atoms with van der Waals surface area (Å²) >= 11 is 0. The number of hydrogen-bond donors (Lipinski definition) is 1. The molecule has 0 aliphatic rings. The Morgan fingerprint density at radius 3 is 2.52 bits per heavy atom. The summed E-state index contributed by atoms with van der Waals surface area (Å²) in [5, 5.41) is 2.97. The fraction of sp³-hybridized carbons (Fsp3) is 0.316. The summed E-state index contributed by atoms with van der Waals surface area (Å²) in [6.45, 7) is 4.58. The zero-order valence-corrected chi connectivity index (χ0v) is 14.1. The summed E-state index contributed by atoms with van der Waals surface area (Å²) in [6.07, 6.45) is 0.339. The highest BCUT2D eigenvalue weighted by atomic mass is 16.5. The Labute approximate surface area is 137 Å². The van der Waals surface area contributed by atoms with Crippen LogP contribution in [0.5, 0.6) is 11.5 Å². The van der Waals surface area contributed by atoms with Crippen LogP contribution in [0.2, 0.25) is 0 Å². The summed E-state index contributed by atoms with van der Waals surface area (Å²) in [7, 11) is 3.28. The molecule has 1 N–H and O–H groups in total. The molecule has 4 heteroatoms. The maximum Gasteiger partial charge on any atom is 0.224 e. The van der Waals surface area contributed by atoms with E-state index < -0.39 is 0 Å². The lowest BCUT2D eigenvalue weighted by atomic mass is 10.0. The first-order chi connectivity index (χ1) is 11.0. The number of hydrogen-bond acceptors (Lipinski definition) is 3. The molecular weight excluding hydrogens is 290 g/mol. The Morgan fingerprint density at radius 1 is 1.04 bits per heavy atom. The second-order valence-corrected chi connectivity index (χ2v) is 5.48. The topological polar surface area (TPSA) is 47.6 Å². The highest BCUT2D eigenvalue weighted by Gasteiger charge is 2.09. The summed E-state index contributed by atoms with van der Waals surface area (Å²) in [5.74, 6) is 1.62. The quantitative estimate of drug-likeness (QED) is 0.891. The maximum atomic E-state index is 12.1. The van der Waals surface area contributed by atoms with Gasteiger partial charge in [-0.05, 0) is 54.3 Å². The number of benzene rings is 2. The number of rotatable bonds is 6. The number of carbonyl (C=O) groups is 1. The van der Waals surface area contributed by atoms with E-state index in [0.717, 1.165) is 33.8 Å². The predicted octanol–water partition coefficient (Wildman–Crippen LogP) is 3.18.